The number of nitrogens with zero attached hydrogens (tertiary/aromatic N) is 1. The summed E-state index contributed by atoms with van der Waals surface area (Å²) in [6.45, 7) is 4.39. The quantitative estimate of drug-likeness (QED) is 0.0919. The first kappa shape index (κ1) is 31.7. The van der Waals surface area contributed by atoms with Gasteiger partial charge in [0.05, 0.1) is 0 Å². The largest absolute Gasteiger partial charge is 0.311 e. The van der Waals surface area contributed by atoms with Gasteiger partial charge < -0.3 is 4.90 Å². The van der Waals surface area contributed by atoms with Crippen molar-refractivity contribution < 1.29 is 0 Å². The zero-order valence-corrected chi connectivity index (χ0v) is 30.5. The Bertz CT molecular complexity index is 2590. The van der Waals surface area contributed by atoms with Crippen LogP contribution in [-0.4, -0.2) is 8.07 Å². The minimum absolute atomic E-state index is 1.13. The minimum Gasteiger partial charge on any atom is -0.311 e. The third-order valence-corrected chi connectivity index (χ3v) is 15.4. The normalized spacial score (nSPS) is 11.7. The molecule has 2 heteroatoms. The van der Waals surface area contributed by atoms with Crippen molar-refractivity contribution in [2.45, 2.75) is 13.8 Å². The third kappa shape index (κ3) is 5.31. The summed E-state index contributed by atoms with van der Waals surface area (Å²) in [5.41, 5.74) is 5.97. The minimum atomic E-state index is -2.83. The van der Waals surface area contributed by atoms with E-state index in [9.17, 15) is 0 Å². The first-order valence-corrected chi connectivity index (χ1v) is 20.1. The Hall–Kier alpha value is -6.22. The molecule has 0 bridgehead atoms. The van der Waals surface area contributed by atoms with Crippen LogP contribution in [0.3, 0.4) is 0 Å². The molecule has 52 heavy (non-hydrogen) atoms. The predicted octanol–water partition coefficient (Wildman–Crippen LogP) is 10.6. The highest BCUT2D eigenvalue weighted by atomic mass is 28.3. The van der Waals surface area contributed by atoms with Crippen LogP contribution in [0.4, 0.5) is 17.1 Å². The molecule has 0 heterocycles. The highest BCUT2D eigenvalue weighted by Crippen LogP contribution is 2.37. The lowest BCUT2D eigenvalue weighted by Gasteiger charge is -2.35. The van der Waals surface area contributed by atoms with Crippen LogP contribution < -0.4 is 25.6 Å². The van der Waals surface area contributed by atoms with E-state index < -0.39 is 8.07 Å². The van der Waals surface area contributed by atoms with Crippen LogP contribution >= 0.6 is 0 Å². The molecule has 248 valence electrons. The fraction of sp³-hybridized carbons (Fsp3) is 0.0400. The van der Waals surface area contributed by atoms with Gasteiger partial charge >= 0.3 is 0 Å². The average molecular weight is 682 g/mol. The molecule has 0 fully saturated rings. The topological polar surface area (TPSA) is 3.24 Å². The van der Waals surface area contributed by atoms with Crippen molar-refractivity contribution in [1.82, 2.24) is 0 Å². The number of hydrogen-bond acceptors (Lipinski definition) is 1. The summed E-state index contributed by atoms with van der Waals surface area (Å²) in [6.07, 6.45) is 0. The van der Waals surface area contributed by atoms with Gasteiger partial charge in [-0.2, -0.15) is 0 Å². The van der Waals surface area contributed by atoms with Gasteiger partial charge in [0.15, 0.2) is 8.07 Å². The van der Waals surface area contributed by atoms with Gasteiger partial charge in [-0.25, -0.2) is 0 Å². The van der Waals surface area contributed by atoms with Crippen molar-refractivity contribution in [3.8, 4) is 0 Å². The van der Waals surface area contributed by atoms with Gasteiger partial charge in [-0.05, 0) is 103 Å². The van der Waals surface area contributed by atoms with E-state index >= 15 is 0 Å². The van der Waals surface area contributed by atoms with Crippen molar-refractivity contribution >= 4 is 78.2 Å². The van der Waals surface area contributed by atoms with E-state index in [4.69, 9.17) is 0 Å². The van der Waals surface area contributed by atoms with Crippen LogP contribution in [0.1, 0.15) is 11.1 Å². The van der Waals surface area contributed by atoms with Gasteiger partial charge in [0.1, 0.15) is 0 Å². The molecule has 0 N–H and O–H groups in total. The Balaban J connectivity index is 1.33. The highest BCUT2D eigenvalue weighted by Gasteiger charge is 2.41. The summed E-state index contributed by atoms with van der Waals surface area (Å²) in [5, 5.41) is 13.3. The lowest BCUT2D eigenvalue weighted by molar-refractivity contribution is 1.28. The number of para-hydroxylation sites is 2. The maximum atomic E-state index is 2.53. The molecule has 0 saturated carbocycles. The van der Waals surface area contributed by atoms with Gasteiger partial charge in [0.25, 0.3) is 0 Å². The van der Waals surface area contributed by atoms with Crippen LogP contribution in [0.15, 0.2) is 200 Å². The summed E-state index contributed by atoms with van der Waals surface area (Å²) in [6, 6.07) is 74.5. The zero-order chi connectivity index (χ0) is 35.1. The van der Waals surface area contributed by atoms with E-state index in [2.05, 4.69) is 219 Å². The van der Waals surface area contributed by atoms with E-state index in [-0.39, 0.29) is 0 Å². The number of hydrogen-bond donors (Lipinski definition) is 0. The molecule has 0 radical (unpaired) electrons. The summed E-state index contributed by atoms with van der Waals surface area (Å²) >= 11 is 0. The van der Waals surface area contributed by atoms with E-state index in [1.807, 2.05) is 0 Å². The molecule has 0 atom stereocenters. The maximum absolute atomic E-state index is 2.83. The molecule has 0 aliphatic rings. The van der Waals surface area contributed by atoms with E-state index in [0.717, 1.165) is 17.1 Å². The van der Waals surface area contributed by atoms with Crippen LogP contribution in [0.25, 0.3) is 32.3 Å². The lowest BCUT2D eigenvalue weighted by Crippen LogP contribution is -2.74. The Labute approximate surface area is 307 Å². The van der Waals surface area contributed by atoms with Crippen LogP contribution in [0.2, 0.25) is 0 Å². The van der Waals surface area contributed by atoms with Gasteiger partial charge in [-0.1, -0.05) is 175 Å². The summed E-state index contributed by atoms with van der Waals surface area (Å²) in [5.74, 6) is 0. The fourth-order valence-electron chi connectivity index (χ4n) is 8.30. The number of aryl methyl sites for hydroxylation is 2. The molecule has 0 aromatic heterocycles. The number of anilines is 3. The summed E-state index contributed by atoms with van der Waals surface area (Å²) in [4.78, 5) is 2.34. The average Bonchev–Trinajstić information content (AvgIpc) is 3.20. The Morgan fingerprint density at radius 2 is 0.635 bits per heavy atom. The van der Waals surface area contributed by atoms with Gasteiger partial charge in [0.2, 0.25) is 0 Å². The van der Waals surface area contributed by atoms with Crippen LogP contribution in [-0.2, 0) is 0 Å². The fourth-order valence-corrected chi connectivity index (χ4v) is 13.1. The second-order valence-electron chi connectivity index (χ2n) is 13.9. The third-order valence-electron chi connectivity index (χ3n) is 10.7. The van der Waals surface area contributed by atoms with Gasteiger partial charge in [-0.15, -0.1) is 0 Å². The van der Waals surface area contributed by atoms with Gasteiger partial charge in [-0.3, -0.25) is 0 Å². The van der Waals surface area contributed by atoms with Crippen molar-refractivity contribution in [3.63, 3.8) is 0 Å². The standard InChI is InChI=1S/C50H39NSi/c1-36-23-30-45-46-32-29-44(35-50(46)47-31-24-37(2)34-49(47)48(45)33-36)52(41-19-11-5-12-20-41,42-21-13-6-14-22-42)43-27-25-40(26-28-43)51(38-15-7-3-8-16-38)39-17-9-4-10-18-39/h3-35H,1-2H3. The molecule has 1 nitrogen and oxygen atoms in total. The molecule has 0 aliphatic heterocycles. The Morgan fingerprint density at radius 1 is 0.288 bits per heavy atom. The highest BCUT2D eigenvalue weighted by molar-refractivity contribution is 7.20. The summed E-state index contributed by atoms with van der Waals surface area (Å²) in [7, 11) is -2.83. The second kappa shape index (κ2) is 13.2. The predicted molar refractivity (Wildman–Crippen MR) is 227 cm³/mol. The number of rotatable bonds is 7. The first-order chi connectivity index (χ1) is 25.6. The molecular weight excluding hydrogens is 643 g/mol. The molecule has 9 rings (SSSR count). The van der Waals surface area contributed by atoms with Crippen molar-refractivity contribution in [3.05, 3.63) is 211 Å². The second-order valence-corrected chi connectivity index (χ2v) is 17.7. The zero-order valence-electron chi connectivity index (χ0n) is 29.5. The Morgan fingerprint density at radius 3 is 1.12 bits per heavy atom. The van der Waals surface area contributed by atoms with Gasteiger partial charge in [0, 0.05) is 17.1 Å². The van der Waals surface area contributed by atoms with Crippen molar-refractivity contribution in [1.29, 1.82) is 0 Å². The summed E-state index contributed by atoms with van der Waals surface area (Å²) < 4.78 is 0. The Kier molecular flexibility index (Phi) is 8.03. The van der Waals surface area contributed by atoms with Crippen LogP contribution in [0, 0.1) is 13.8 Å². The first-order valence-electron chi connectivity index (χ1n) is 18.1. The number of benzene rings is 9. The molecule has 9 aromatic rings. The van der Waals surface area contributed by atoms with E-state index in [0.29, 0.717) is 0 Å². The maximum Gasteiger partial charge on any atom is 0.179 e. The molecular formula is C50H39NSi. The van der Waals surface area contributed by atoms with E-state index in [1.54, 1.807) is 0 Å². The SMILES string of the molecule is Cc1ccc2c3ccc([Si](c4ccccc4)(c4ccccc4)c4ccc(N(c5ccccc5)c5ccccc5)cc4)cc3c3ccc(C)cc3c2c1. The van der Waals surface area contributed by atoms with Crippen LogP contribution in [0.5, 0.6) is 0 Å². The van der Waals surface area contributed by atoms with E-state index in [1.165, 1.54) is 64.2 Å². The lowest BCUT2D eigenvalue weighted by atomic mass is 9.92. The molecule has 0 unspecified atom stereocenters. The molecule has 0 aliphatic carbocycles. The molecule has 9 aromatic carbocycles. The van der Waals surface area contributed by atoms with Crippen molar-refractivity contribution in [2.75, 3.05) is 4.90 Å². The molecule has 0 spiro atoms. The van der Waals surface area contributed by atoms with Crippen molar-refractivity contribution in [2.24, 2.45) is 0 Å². The number of fused-ring (bicyclic) bond motifs is 6. The molecule has 0 amide bonds. The monoisotopic (exact) mass is 681 g/mol. The molecule has 0 saturated heterocycles. The smallest absolute Gasteiger partial charge is 0.179 e.